The number of carbonyl (C=O) groups excluding carboxylic acids is 1. The molecule has 1 unspecified atom stereocenters. The molecule has 0 saturated carbocycles. The normalized spacial score (nSPS) is 16.2. The van der Waals surface area contributed by atoms with Crippen LogP contribution in [-0.4, -0.2) is 50.4 Å². The molecule has 1 aromatic carbocycles. The van der Waals surface area contributed by atoms with Crippen LogP contribution in [0.1, 0.15) is 12.5 Å². The molecule has 5 nitrogen and oxygen atoms in total. The molecule has 0 aliphatic carbocycles. The van der Waals surface area contributed by atoms with E-state index in [4.69, 9.17) is 4.74 Å². The van der Waals surface area contributed by atoms with E-state index in [1.54, 1.807) is 7.11 Å². The highest BCUT2D eigenvalue weighted by Crippen LogP contribution is 2.19. The van der Waals surface area contributed by atoms with Gasteiger partial charge in [0, 0.05) is 43.9 Å². The summed E-state index contributed by atoms with van der Waals surface area (Å²) in [5.41, 5.74) is 2.37. The van der Waals surface area contributed by atoms with Crippen molar-refractivity contribution in [2.45, 2.75) is 19.5 Å². The number of methoxy groups -OCH3 is 1. The number of anilines is 1. The fraction of sp³-hybridized carbons (Fsp3) is 0.562. The molecule has 22 heavy (non-hydrogen) atoms. The summed E-state index contributed by atoms with van der Waals surface area (Å²) in [5, 5.41) is 5.69. The van der Waals surface area contributed by atoms with Gasteiger partial charge in [-0.3, -0.25) is 0 Å². The highest BCUT2D eigenvalue weighted by atomic mass is 32.2. The first-order valence-electron chi connectivity index (χ1n) is 7.64. The molecule has 1 aliphatic rings. The Hall–Kier alpha value is -1.40. The summed E-state index contributed by atoms with van der Waals surface area (Å²) in [6, 6.07) is 8.27. The van der Waals surface area contributed by atoms with Gasteiger partial charge in [0.15, 0.2) is 0 Å². The van der Waals surface area contributed by atoms with Gasteiger partial charge in [-0.25, -0.2) is 4.79 Å². The maximum absolute atomic E-state index is 11.7. The first-order valence-corrected chi connectivity index (χ1v) is 8.79. The van der Waals surface area contributed by atoms with Gasteiger partial charge in [0.25, 0.3) is 0 Å². The van der Waals surface area contributed by atoms with Crippen molar-refractivity contribution in [3.8, 4) is 0 Å². The van der Waals surface area contributed by atoms with Crippen LogP contribution in [0.25, 0.3) is 0 Å². The molecule has 1 aromatic rings. The van der Waals surface area contributed by atoms with E-state index in [1.807, 2.05) is 18.7 Å². The number of rotatable bonds is 6. The molecule has 0 spiro atoms. The monoisotopic (exact) mass is 323 g/mol. The van der Waals surface area contributed by atoms with Gasteiger partial charge in [-0.2, -0.15) is 11.8 Å². The highest BCUT2D eigenvalue weighted by Gasteiger charge is 2.11. The van der Waals surface area contributed by atoms with Crippen LogP contribution in [0.4, 0.5) is 10.5 Å². The van der Waals surface area contributed by atoms with Gasteiger partial charge in [0.1, 0.15) is 0 Å². The van der Waals surface area contributed by atoms with E-state index < -0.39 is 0 Å². The molecule has 0 radical (unpaired) electrons. The van der Waals surface area contributed by atoms with Crippen molar-refractivity contribution in [3.05, 3.63) is 29.8 Å². The van der Waals surface area contributed by atoms with E-state index in [1.165, 1.54) is 17.2 Å². The van der Waals surface area contributed by atoms with Crippen molar-refractivity contribution in [1.29, 1.82) is 0 Å². The summed E-state index contributed by atoms with van der Waals surface area (Å²) in [7, 11) is 1.62. The van der Waals surface area contributed by atoms with Crippen molar-refractivity contribution < 1.29 is 9.53 Å². The fourth-order valence-corrected chi connectivity index (χ4v) is 3.30. The van der Waals surface area contributed by atoms with E-state index >= 15 is 0 Å². The maximum atomic E-state index is 11.7. The second-order valence-electron chi connectivity index (χ2n) is 5.45. The lowest BCUT2D eigenvalue weighted by Crippen LogP contribution is -2.42. The third-order valence-corrected chi connectivity index (χ3v) is 4.50. The predicted octanol–water partition coefficient (Wildman–Crippen LogP) is 2.07. The van der Waals surface area contributed by atoms with Crippen LogP contribution in [0.15, 0.2) is 24.3 Å². The van der Waals surface area contributed by atoms with Gasteiger partial charge in [0.05, 0.1) is 12.6 Å². The molecule has 1 fully saturated rings. The summed E-state index contributed by atoms with van der Waals surface area (Å²) in [4.78, 5) is 14.1. The molecule has 6 heteroatoms. The van der Waals surface area contributed by atoms with Gasteiger partial charge < -0.3 is 20.3 Å². The average Bonchev–Trinajstić information content (AvgIpc) is 2.54. The smallest absolute Gasteiger partial charge is 0.315 e. The van der Waals surface area contributed by atoms with Crippen LogP contribution in [-0.2, 0) is 11.3 Å². The Bertz CT molecular complexity index is 461. The molecular formula is C16H25N3O2S. The zero-order valence-electron chi connectivity index (χ0n) is 13.3. The van der Waals surface area contributed by atoms with Crippen molar-refractivity contribution in [2.24, 2.45) is 0 Å². The summed E-state index contributed by atoms with van der Waals surface area (Å²) < 4.78 is 4.99. The second-order valence-corrected chi connectivity index (χ2v) is 6.67. The van der Waals surface area contributed by atoms with Crippen molar-refractivity contribution in [3.63, 3.8) is 0 Å². The third kappa shape index (κ3) is 5.42. The Labute approximate surface area is 136 Å². The molecule has 2 amide bonds. The molecule has 2 N–H and O–H groups in total. The summed E-state index contributed by atoms with van der Waals surface area (Å²) in [6.45, 7) is 5.18. The standard InChI is InChI=1S/C16H25N3O2S/c1-13(12-21-2)18-16(20)17-11-14-3-5-15(6-4-14)19-7-9-22-10-8-19/h3-6,13H,7-12H2,1-2H3,(H2,17,18,20). The lowest BCUT2D eigenvalue weighted by atomic mass is 10.2. The summed E-state index contributed by atoms with van der Waals surface area (Å²) >= 11 is 2.01. The number of carbonyl (C=O) groups is 1. The zero-order valence-corrected chi connectivity index (χ0v) is 14.1. The number of hydrogen-bond acceptors (Lipinski definition) is 4. The number of amides is 2. The minimum atomic E-state index is -0.165. The molecule has 0 aromatic heterocycles. The number of hydrogen-bond donors (Lipinski definition) is 2. The van der Waals surface area contributed by atoms with E-state index in [2.05, 4.69) is 39.8 Å². The zero-order chi connectivity index (χ0) is 15.8. The molecule has 0 bridgehead atoms. The predicted molar refractivity (Wildman–Crippen MR) is 92.7 cm³/mol. The number of thioether (sulfide) groups is 1. The van der Waals surface area contributed by atoms with Crippen LogP contribution in [0, 0.1) is 0 Å². The van der Waals surface area contributed by atoms with Crippen LogP contribution in [0.3, 0.4) is 0 Å². The molecular weight excluding hydrogens is 298 g/mol. The number of nitrogens with zero attached hydrogens (tertiary/aromatic N) is 1. The molecule has 1 atom stereocenters. The minimum Gasteiger partial charge on any atom is -0.383 e. The molecule has 1 aliphatic heterocycles. The minimum absolute atomic E-state index is 0.00403. The lowest BCUT2D eigenvalue weighted by Gasteiger charge is -2.28. The maximum Gasteiger partial charge on any atom is 0.315 e. The van der Waals surface area contributed by atoms with Crippen molar-refractivity contribution in [1.82, 2.24) is 10.6 Å². The largest absolute Gasteiger partial charge is 0.383 e. The van der Waals surface area contributed by atoms with E-state index in [0.29, 0.717) is 13.2 Å². The van der Waals surface area contributed by atoms with Crippen molar-refractivity contribution >= 4 is 23.5 Å². The SMILES string of the molecule is COCC(C)NC(=O)NCc1ccc(N2CCSCC2)cc1. The fourth-order valence-electron chi connectivity index (χ4n) is 2.39. The van der Waals surface area contributed by atoms with E-state index in [0.717, 1.165) is 18.7 Å². The number of benzene rings is 1. The molecule has 1 saturated heterocycles. The van der Waals surface area contributed by atoms with Crippen LogP contribution >= 0.6 is 11.8 Å². The topological polar surface area (TPSA) is 53.6 Å². The van der Waals surface area contributed by atoms with Crippen LogP contribution in [0.2, 0.25) is 0 Å². The van der Waals surface area contributed by atoms with E-state index in [9.17, 15) is 4.79 Å². The Morgan fingerprint density at radius 2 is 2.00 bits per heavy atom. The second kappa shape index (κ2) is 8.90. The van der Waals surface area contributed by atoms with Crippen LogP contribution in [0.5, 0.6) is 0 Å². The van der Waals surface area contributed by atoms with Crippen molar-refractivity contribution in [2.75, 3.05) is 43.2 Å². The summed E-state index contributed by atoms with van der Waals surface area (Å²) in [5.74, 6) is 2.40. The third-order valence-electron chi connectivity index (χ3n) is 3.56. The van der Waals surface area contributed by atoms with Gasteiger partial charge in [-0.15, -0.1) is 0 Å². The Kier molecular flexibility index (Phi) is 6.86. The average molecular weight is 323 g/mol. The van der Waals surface area contributed by atoms with E-state index in [-0.39, 0.29) is 12.1 Å². The van der Waals surface area contributed by atoms with Gasteiger partial charge in [-0.1, -0.05) is 12.1 Å². The first-order chi connectivity index (χ1) is 10.7. The Morgan fingerprint density at radius 1 is 1.32 bits per heavy atom. The molecule has 2 rings (SSSR count). The number of urea groups is 1. The molecule has 122 valence electrons. The number of ether oxygens (including phenoxy) is 1. The first kappa shape index (κ1) is 17.0. The van der Waals surface area contributed by atoms with Gasteiger partial charge in [0.2, 0.25) is 0 Å². The summed E-state index contributed by atoms with van der Waals surface area (Å²) in [6.07, 6.45) is 0. The Morgan fingerprint density at radius 3 is 2.64 bits per heavy atom. The highest BCUT2D eigenvalue weighted by molar-refractivity contribution is 7.99. The lowest BCUT2D eigenvalue weighted by molar-refractivity contribution is 0.171. The van der Waals surface area contributed by atoms with Gasteiger partial charge >= 0.3 is 6.03 Å². The van der Waals surface area contributed by atoms with Crippen LogP contribution < -0.4 is 15.5 Å². The molecule has 1 heterocycles. The number of nitrogens with one attached hydrogen (secondary N) is 2. The Balaban J connectivity index is 1.77. The quantitative estimate of drug-likeness (QED) is 0.841. The van der Waals surface area contributed by atoms with Gasteiger partial charge in [-0.05, 0) is 24.6 Å².